The highest BCUT2D eigenvalue weighted by atomic mass is 19.4. The number of rotatable bonds is 4. The van der Waals surface area contributed by atoms with Crippen LogP contribution in [0.25, 0.3) is 0 Å². The first-order chi connectivity index (χ1) is 8.58. The third-order valence-corrected chi connectivity index (χ3v) is 4.06. The Balaban J connectivity index is 3.00. The third kappa shape index (κ3) is 3.84. The van der Waals surface area contributed by atoms with Crippen molar-refractivity contribution >= 4 is 5.97 Å². The van der Waals surface area contributed by atoms with Crippen LogP contribution in [0.2, 0.25) is 0 Å². The highest BCUT2D eigenvalue weighted by Crippen LogP contribution is 2.41. The van der Waals surface area contributed by atoms with E-state index in [1.807, 2.05) is 20.8 Å². The molecule has 0 aliphatic heterocycles. The monoisotopic (exact) mass is 281 g/mol. The fourth-order valence-corrected chi connectivity index (χ4v) is 3.20. The third-order valence-electron chi connectivity index (χ3n) is 4.06. The minimum Gasteiger partial charge on any atom is -0.480 e. The molecule has 0 heterocycles. The van der Waals surface area contributed by atoms with Gasteiger partial charge in [-0.25, -0.2) is 0 Å². The number of carboxylic acid groups (broad SMARTS) is 1. The zero-order chi connectivity index (χ0) is 14.8. The van der Waals surface area contributed by atoms with Crippen LogP contribution in [-0.4, -0.2) is 29.3 Å². The topological polar surface area (TPSA) is 49.3 Å². The molecule has 1 rings (SSSR count). The van der Waals surface area contributed by atoms with Crippen LogP contribution in [0, 0.1) is 17.8 Å². The van der Waals surface area contributed by atoms with E-state index in [1.165, 1.54) is 0 Å². The number of hydrogen-bond donors (Lipinski definition) is 2. The summed E-state index contributed by atoms with van der Waals surface area (Å²) in [5.41, 5.74) is -1.46. The molecule has 1 saturated carbocycles. The second kappa shape index (κ2) is 5.69. The summed E-state index contributed by atoms with van der Waals surface area (Å²) in [4.78, 5) is 11.6. The second-order valence-electron chi connectivity index (χ2n) is 5.98. The number of carbonyl (C=O) groups is 1. The van der Waals surface area contributed by atoms with E-state index in [2.05, 4.69) is 5.32 Å². The molecule has 0 saturated heterocycles. The molecule has 19 heavy (non-hydrogen) atoms. The first-order valence-electron chi connectivity index (χ1n) is 6.63. The van der Waals surface area contributed by atoms with Gasteiger partial charge >= 0.3 is 12.1 Å². The Hall–Kier alpha value is -0.780. The van der Waals surface area contributed by atoms with Crippen molar-refractivity contribution in [3.05, 3.63) is 0 Å². The van der Waals surface area contributed by atoms with Crippen LogP contribution in [0.15, 0.2) is 0 Å². The number of alkyl halides is 3. The molecule has 0 aromatic carbocycles. The van der Waals surface area contributed by atoms with Gasteiger partial charge in [0.05, 0.1) is 6.54 Å². The Morgan fingerprint density at radius 2 is 2.00 bits per heavy atom. The molecule has 0 amide bonds. The van der Waals surface area contributed by atoms with E-state index in [4.69, 9.17) is 0 Å². The average Bonchev–Trinajstić information content (AvgIpc) is 2.24. The number of nitrogens with one attached hydrogen (secondary N) is 1. The molecule has 0 aromatic rings. The number of aliphatic carboxylic acids is 1. The molecule has 6 heteroatoms. The maximum atomic E-state index is 12.4. The van der Waals surface area contributed by atoms with Gasteiger partial charge in [-0.3, -0.25) is 10.1 Å². The SMILES string of the molecule is CC1CCC(C(C)C)C(NCC(F)(F)F)(C(=O)O)C1. The lowest BCUT2D eigenvalue weighted by Gasteiger charge is -2.46. The van der Waals surface area contributed by atoms with Crippen LogP contribution in [0.1, 0.15) is 40.0 Å². The van der Waals surface area contributed by atoms with Gasteiger partial charge in [0.1, 0.15) is 5.54 Å². The van der Waals surface area contributed by atoms with E-state index in [-0.39, 0.29) is 24.2 Å². The first-order valence-corrected chi connectivity index (χ1v) is 6.63. The summed E-state index contributed by atoms with van der Waals surface area (Å²) in [7, 11) is 0. The molecular formula is C13H22F3NO2. The van der Waals surface area contributed by atoms with Crippen LogP contribution in [0.3, 0.4) is 0 Å². The zero-order valence-electron chi connectivity index (χ0n) is 11.5. The van der Waals surface area contributed by atoms with E-state index in [0.717, 1.165) is 6.42 Å². The van der Waals surface area contributed by atoms with E-state index < -0.39 is 24.2 Å². The molecule has 3 atom stereocenters. The van der Waals surface area contributed by atoms with Gasteiger partial charge in [-0.2, -0.15) is 13.2 Å². The van der Waals surface area contributed by atoms with E-state index in [0.29, 0.717) is 6.42 Å². The van der Waals surface area contributed by atoms with Gasteiger partial charge in [-0.1, -0.05) is 27.2 Å². The smallest absolute Gasteiger partial charge is 0.401 e. The summed E-state index contributed by atoms with van der Waals surface area (Å²) in [6, 6.07) is 0. The van der Waals surface area contributed by atoms with Crippen LogP contribution in [0.4, 0.5) is 13.2 Å². The lowest BCUT2D eigenvalue weighted by atomic mass is 9.65. The molecule has 3 nitrogen and oxygen atoms in total. The molecule has 1 aliphatic carbocycles. The van der Waals surface area contributed by atoms with Gasteiger partial charge in [-0.05, 0) is 30.6 Å². The summed E-state index contributed by atoms with van der Waals surface area (Å²) in [5, 5.41) is 11.8. The summed E-state index contributed by atoms with van der Waals surface area (Å²) < 4.78 is 37.2. The van der Waals surface area contributed by atoms with Gasteiger partial charge in [0.15, 0.2) is 0 Å². The van der Waals surface area contributed by atoms with Crippen molar-refractivity contribution in [3.63, 3.8) is 0 Å². The minimum absolute atomic E-state index is 0.0318. The molecule has 1 aliphatic rings. The van der Waals surface area contributed by atoms with Crippen molar-refractivity contribution in [2.75, 3.05) is 6.54 Å². The lowest BCUT2D eigenvalue weighted by molar-refractivity contribution is -0.158. The quantitative estimate of drug-likeness (QED) is 0.832. The van der Waals surface area contributed by atoms with Crippen molar-refractivity contribution in [1.82, 2.24) is 5.32 Å². The van der Waals surface area contributed by atoms with Gasteiger partial charge in [0, 0.05) is 0 Å². The van der Waals surface area contributed by atoms with Gasteiger partial charge in [0.25, 0.3) is 0 Å². The maximum Gasteiger partial charge on any atom is 0.401 e. The van der Waals surface area contributed by atoms with Crippen LogP contribution >= 0.6 is 0 Å². The first kappa shape index (κ1) is 16.3. The fourth-order valence-electron chi connectivity index (χ4n) is 3.20. The fraction of sp³-hybridized carbons (Fsp3) is 0.923. The molecule has 0 radical (unpaired) electrons. The van der Waals surface area contributed by atoms with Crippen molar-refractivity contribution < 1.29 is 23.1 Å². The molecule has 3 unspecified atom stereocenters. The van der Waals surface area contributed by atoms with E-state index >= 15 is 0 Å². The number of halogens is 3. The molecule has 112 valence electrons. The summed E-state index contributed by atoms with van der Waals surface area (Å²) >= 11 is 0. The number of carboxylic acids is 1. The molecule has 0 bridgehead atoms. The Morgan fingerprint density at radius 1 is 1.42 bits per heavy atom. The zero-order valence-corrected chi connectivity index (χ0v) is 11.5. The average molecular weight is 281 g/mol. The highest BCUT2D eigenvalue weighted by molar-refractivity contribution is 5.79. The summed E-state index contributed by atoms with van der Waals surface area (Å²) in [6.07, 6.45) is -2.63. The lowest BCUT2D eigenvalue weighted by Crippen LogP contribution is -2.62. The van der Waals surface area contributed by atoms with E-state index in [1.54, 1.807) is 0 Å². The Kier molecular flexibility index (Phi) is 4.87. The maximum absolute atomic E-state index is 12.4. The van der Waals surface area contributed by atoms with Gasteiger partial charge in [0.2, 0.25) is 0 Å². The predicted octanol–water partition coefficient (Wildman–Crippen LogP) is 3.05. The second-order valence-corrected chi connectivity index (χ2v) is 5.98. The highest BCUT2D eigenvalue weighted by Gasteiger charge is 2.51. The van der Waals surface area contributed by atoms with Gasteiger partial charge < -0.3 is 5.11 Å². The van der Waals surface area contributed by atoms with Crippen molar-refractivity contribution in [3.8, 4) is 0 Å². The van der Waals surface area contributed by atoms with Crippen LogP contribution in [-0.2, 0) is 4.79 Å². The van der Waals surface area contributed by atoms with E-state index in [9.17, 15) is 23.1 Å². The largest absolute Gasteiger partial charge is 0.480 e. The summed E-state index contributed by atoms with van der Waals surface area (Å²) in [6.45, 7) is 4.37. The molecule has 0 aromatic heterocycles. The van der Waals surface area contributed by atoms with Crippen molar-refractivity contribution in [1.29, 1.82) is 0 Å². The van der Waals surface area contributed by atoms with Crippen molar-refractivity contribution in [2.24, 2.45) is 17.8 Å². The van der Waals surface area contributed by atoms with Crippen molar-refractivity contribution in [2.45, 2.75) is 51.7 Å². The molecule has 2 N–H and O–H groups in total. The number of hydrogen-bond acceptors (Lipinski definition) is 2. The normalized spacial score (nSPS) is 32.6. The Labute approximate surface area is 111 Å². The Morgan fingerprint density at radius 3 is 2.42 bits per heavy atom. The Bertz CT molecular complexity index is 330. The minimum atomic E-state index is -4.40. The van der Waals surface area contributed by atoms with Gasteiger partial charge in [-0.15, -0.1) is 0 Å². The predicted molar refractivity (Wildman–Crippen MR) is 65.8 cm³/mol. The van der Waals surface area contributed by atoms with Crippen LogP contribution < -0.4 is 5.32 Å². The molecular weight excluding hydrogens is 259 g/mol. The van der Waals surface area contributed by atoms with Crippen LogP contribution in [0.5, 0.6) is 0 Å². The summed E-state index contributed by atoms with van der Waals surface area (Å²) in [5.74, 6) is -1.29. The standard InChI is InChI=1S/C13H22F3NO2/c1-8(2)10-5-4-9(3)6-12(10,11(18)19)17-7-13(14,15)16/h8-10,17H,4-7H2,1-3H3,(H,18,19). The molecule has 0 spiro atoms. The molecule has 1 fully saturated rings.